The molecule has 0 aromatic heterocycles. The maximum Gasteiger partial charge on any atom is 0.0588 e. The van der Waals surface area contributed by atoms with Crippen molar-refractivity contribution in [1.29, 1.82) is 0 Å². The van der Waals surface area contributed by atoms with Gasteiger partial charge in [0.25, 0.3) is 0 Å². The van der Waals surface area contributed by atoms with E-state index in [2.05, 4.69) is 4.90 Å². The van der Waals surface area contributed by atoms with Crippen LogP contribution in [0.5, 0.6) is 0 Å². The fourth-order valence-corrected chi connectivity index (χ4v) is 3.43. The van der Waals surface area contributed by atoms with Gasteiger partial charge in [0.05, 0.1) is 6.10 Å². The third-order valence-corrected chi connectivity index (χ3v) is 4.39. The molecular formula is C14H26ClNO. The molecule has 0 aromatic rings. The molecule has 0 N–H and O–H groups in total. The van der Waals surface area contributed by atoms with Crippen LogP contribution in [0.1, 0.15) is 51.4 Å². The van der Waals surface area contributed by atoms with Crippen molar-refractivity contribution >= 4 is 11.6 Å². The first-order valence-electron chi connectivity index (χ1n) is 7.32. The smallest absolute Gasteiger partial charge is 0.0588 e. The molecule has 2 nitrogen and oxygen atoms in total. The van der Waals surface area contributed by atoms with Gasteiger partial charge in [-0.05, 0) is 32.1 Å². The number of rotatable bonds is 6. The summed E-state index contributed by atoms with van der Waals surface area (Å²) in [5.74, 6) is 0.766. The van der Waals surface area contributed by atoms with Gasteiger partial charge in [0.1, 0.15) is 0 Å². The van der Waals surface area contributed by atoms with Gasteiger partial charge in [-0.3, -0.25) is 4.90 Å². The Hall–Kier alpha value is 0.210. The molecule has 0 amide bonds. The normalized spacial score (nSPS) is 26.8. The van der Waals surface area contributed by atoms with Crippen LogP contribution in [0, 0.1) is 0 Å². The molecule has 1 aliphatic carbocycles. The average molecular weight is 260 g/mol. The summed E-state index contributed by atoms with van der Waals surface area (Å²) in [6.45, 7) is 3.21. The minimum Gasteiger partial charge on any atom is -0.378 e. The van der Waals surface area contributed by atoms with Gasteiger partial charge in [-0.2, -0.15) is 0 Å². The molecule has 100 valence electrons. The monoisotopic (exact) mass is 259 g/mol. The molecule has 1 unspecified atom stereocenters. The van der Waals surface area contributed by atoms with Crippen molar-refractivity contribution in [2.24, 2.45) is 0 Å². The molecular weight excluding hydrogens is 234 g/mol. The van der Waals surface area contributed by atoms with E-state index < -0.39 is 0 Å². The molecule has 17 heavy (non-hydrogen) atoms. The molecule has 0 aromatic carbocycles. The van der Waals surface area contributed by atoms with E-state index in [1.807, 2.05) is 0 Å². The zero-order valence-corrected chi connectivity index (χ0v) is 11.6. The summed E-state index contributed by atoms with van der Waals surface area (Å²) in [4.78, 5) is 2.62. The SMILES string of the molecule is ClCCN(CCC1CCCO1)C1CCCCC1. The van der Waals surface area contributed by atoms with Crippen LogP contribution in [-0.2, 0) is 4.74 Å². The predicted molar refractivity (Wildman–Crippen MR) is 72.8 cm³/mol. The van der Waals surface area contributed by atoms with Crippen molar-refractivity contribution in [2.45, 2.75) is 63.5 Å². The molecule has 1 aliphatic heterocycles. The highest BCUT2D eigenvalue weighted by Crippen LogP contribution is 2.24. The fraction of sp³-hybridized carbons (Fsp3) is 1.00. The van der Waals surface area contributed by atoms with Crippen molar-refractivity contribution < 1.29 is 4.74 Å². The van der Waals surface area contributed by atoms with Crippen LogP contribution in [0.2, 0.25) is 0 Å². The lowest BCUT2D eigenvalue weighted by Crippen LogP contribution is -2.39. The lowest BCUT2D eigenvalue weighted by molar-refractivity contribution is 0.0802. The van der Waals surface area contributed by atoms with Crippen LogP contribution in [0.4, 0.5) is 0 Å². The Kier molecular flexibility index (Phi) is 6.10. The Labute approximate surface area is 111 Å². The molecule has 1 heterocycles. The average Bonchev–Trinajstić information content (AvgIpc) is 2.88. The zero-order chi connectivity index (χ0) is 11.9. The molecule has 1 saturated heterocycles. The Morgan fingerprint density at radius 1 is 1.00 bits per heavy atom. The third-order valence-electron chi connectivity index (χ3n) is 4.23. The maximum atomic E-state index is 5.94. The van der Waals surface area contributed by atoms with Crippen LogP contribution < -0.4 is 0 Å². The summed E-state index contributed by atoms with van der Waals surface area (Å²) in [6, 6.07) is 0.795. The molecule has 0 bridgehead atoms. The quantitative estimate of drug-likeness (QED) is 0.678. The van der Waals surface area contributed by atoms with Gasteiger partial charge < -0.3 is 4.74 Å². The second-order valence-corrected chi connectivity index (χ2v) is 5.82. The van der Waals surface area contributed by atoms with Crippen LogP contribution in [0.3, 0.4) is 0 Å². The second-order valence-electron chi connectivity index (χ2n) is 5.44. The van der Waals surface area contributed by atoms with E-state index in [0.717, 1.165) is 25.1 Å². The van der Waals surface area contributed by atoms with Gasteiger partial charge in [0.2, 0.25) is 0 Å². The van der Waals surface area contributed by atoms with Gasteiger partial charge >= 0.3 is 0 Å². The Morgan fingerprint density at radius 3 is 2.47 bits per heavy atom. The van der Waals surface area contributed by atoms with Crippen molar-refractivity contribution in [2.75, 3.05) is 25.6 Å². The number of alkyl halides is 1. The van der Waals surface area contributed by atoms with Gasteiger partial charge in [0.15, 0.2) is 0 Å². The fourth-order valence-electron chi connectivity index (χ4n) is 3.21. The van der Waals surface area contributed by atoms with Crippen LogP contribution >= 0.6 is 11.6 Å². The highest BCUT2D eigenvalue weighted by molar-refractivity contribution is 6.18. The molecule has 0 spiro atoms. The van der Waals surface area contributed by atoms with E-state index in [0.29, 0.717) is 6.10 Å². The first-order valence-corrected chi connectivity index (χ1v) is 7.85. The molecule has 0 radical (unpaired) electrons. The Morgan fingerprint density at radius 2 is 1.82 bits per heavy atom. The maximum absolute atomic E-state index is 5.94. The molecule has 2 rings (SSSR count). The van der Waals surface area contributed by atoms with Crippen LogP contribution in [-0.4, -0.2) is 42.6 Å². The van der Waals surface area contributed by atoms with Gasteiger partial charge in [-0.25, -0.2) is 0 Å². The van der Waals surface area contributed by atoms with Gasteiger partial charge in [-0.1, -0.05) is 19.3 Å². The van der Waals surface area contributed by atoms with E-state index >= 15 is 0 Å². The molecule has 3 heteroatoms. The molecule has 1 atom stereocenters. The van der Waals surface area contributed by atoms with Crippen molar-refractivity contribution in [1.82, 2.24) is 4.90 Å². The van der Waals surface area contributed by atoms with Crippen LogP contribution in [0.15, 0.2) is 0 Å². The minimum atomic E-state index is 0.524. The summed E-state index contributed by atoms with van der Waals surface area (Å²) in [7, 11) is 0. The minimum absolute atomic E-state index is 0.524. The molecule has 2 aliphatic rings. The number of ether oxygens (including phenoxy) is 1. The number of hydrogen-bond acceptors (Lipinski definition) is 2. The number of halogens is 1. The van der Waals surface area contributed by atoms with Crippen molar-refractivity contribution in [3.63, 3.8) is 0 Å². The van der Waals surface area contributed by atoms with Crippen molar-refractivity contribution in [3.05, 3.63) is 0 Å². The Bertz CT molecular complexity index is 200. The largest absolute Gasteiger partial charge is 0.378 e. The highest BCUT2D eigenvalue weighted by atomic mass is 35.5. The van der Waals surface area contributed by atoms with E-state index in [9.17, 15) is 0 Å². The van der Waals surface area contributed by atoms with E-state index in [-0.39, 0.29) is 0 Å². The summed E-state index contributed by atoms with van der Waals surface area (Å²) in [6.07, 6.45) is 11.2. The van der Waals surface area contributed by atoms with Gasteiger partial charge in [0, 0.05) is 31.6 Å². The van der Waals surface area contributed by atoms with Crippen LogP contribution in [0.25, 0.3) is 0 Å². The van der Waals surface area contributed by atoms with E-state index in [1.165, 1.54) is 57.9 Å². The third kappa shape index (κ3) is 4.42. The first-order chi connectivity index (χ1) is 8.40. The van der Waals surface area contributed by atoms with Gasteiger partial charge in [-0.15, -0.1) is 11.6 Å². The first kappa shape index (κ1) is 13.6. The second kappa shape index (κ2) is 7.60. The number of hydrogen-bond donors (Lipinski definition) is 0. The van der Waals surface area contributed by atoms with E-state index in [1.54, 1.807) is 0 Å². The molecule has 2 fully saturated rings. The summed E-state index contributed by atoms with van der Waals surface area (Å²) in [5.41, 5.74) is 0. The zero-order valence-electron chi connectivity index (χ0n) is 10.9. The predicted octanol–water partition coefficient (Wildman–Crippen LogP) is 3.43. The summed E-state index contributed by atoms with van der Waals surface area (Å²) >= 11 is 5.94. The lowest BCUT2D eigenvalue weighted by Gasteiger charge is -2.34. The summed E-state index contributed by atoms with van der Waals surface area (Å²) < 4.78 is 5.71. The topological polar surface area (TPSA) is 12.5 Å². The molecule has 1 saturated carbocycles. The Balaban J connectivity index is 1.74. The lowest BCUT2D eigenvalue weighted by atomic mass is 9.94. The van der Waals surface area contributed by atoms with Crippen molar-refractivity contribution in [3.8, 4) is 0 Å². The highest BCUT2D eigenvalue weighted by Gasteiger charge is 2.22. The standard InChI is InChI=1S/C14H26ClNO/c15-9-11-16(13-5-2-1-3-6-13)10-8-14-7-4-12-17-14/h13-14H,1-12H2. The summed E-state index contributed by atoms with van der Waals surface area (Å²) in [5, 5.41) is 0. The number of nitrogens with zero attached hydrogens (tertiary/aromatic N) is 1. The van der Waals surface area contributed by atoms with E-state index in [4.69, 9.17) is 16.3 Å².